The van der Waals surface area contributed by atoms with Crippen LogP contribution in [0.1, 0.15) is 62.4 Å². The number of carbonyl (C=O) groups excluding carboxylic acids is 1. The van der Waals surface area contributed by atoms with Gasteiger partial charge in [-0.1, -0.05) is 0 Å². The minimum atomic E-state index is -0.217. The van der Waals surface area contributed by atoms with Crippen LogP contribution in [-0.2, 0) is 22.4 Å². The molecule has 1 amide bonds. The highest BCUT2D eigenvalue weighted by Gasteiger charge is 2.31. The summed E-state index contributed by atoms with van der Waals surface area (Å²) in [6.45, 7) is 7.98. The van der Waals surface area contributed by atoms with Gasteiger partial charge in [-0.25, -0.2) is 4.98 Å². The molecule has 3 aromatic heterocycles. The summed E-state index contributed by atoms with van der Waals surface area (Å²) in [6.07, 6.45) is 8.84. The van der Waals surface area contributed by atoms with Gasteiger partial charge in [0.15, 0.2) is 5.82 Å². The smallest absolute Gasteiger partial charge is 0.231 e. The highest BCUT2D eigenvalue weighted by atomic mass is 32.1. The third kappa shape index (κ3) is 5.23. The molecule has 2 fully saturated rings. The predicted octanol–water partition coefficient (Wildman–Crippen LogP) is 3.86. The molecule has 4 heterocycles. The Morgan fingerprint density at radius 3 is 2.66 bits per heavy atom. The number of aryl methyl sites for hydroxylation is 1. The van der Waals surface area contributed by atoms with E-state index in [-0.39, 0.29) is 17.9 Å². The maximum Gasteiger partial charge on any atom is 0.231 e. The molecule has 0 aromatic carbocycles. The Labute approximate surface area is 227 Å². The third-order valence-corrected chi connectivity index (χ3v) is 9.47. The maximum atomic E-state index is 12.0. The van der Waals surface area contributed by atoms with E-state index in [0.717, 1.165) is 73.8 Å². The summed E-state index contributed by atoms with van der Waals surface area (Å²) < 4.78 is 7.47. The predicted molar refractivity (Wildman–Crippen MR) is 150 cm³/mol. The molecule has 0 radical (unpaired) electrons. The van der Waals surface area contributed by atoms with Crippen LogP contribution in [0.4, 0.5) is 17.6 Å². The SMILES string of the molecule is CC(C)n1ccc(Nc2nc(NC3CCC(N4CCOCC4)CC3)c3c4c(sc3n2)CCC(C(N)=O)C4)n1. The number of nitrogens with zero attached hydrogens (tertiary/aromatic N) is 5. The van der Waals surface area contributed by atoms with Crippen LogP contribution >= 0.6 is 11.3 Å². The highest BCUT2D eigenvalue weighted by Crippen LogP contribution is 2.41. The molecule has 6 rings (SSSR count). The van der Waals surface area contributed by atoms with Crippen LogP contribution in [0.5, 0.6) is 0 Å². The summed E-state index contributed by atoms with van der Waals surface area (Å²) in [4.78, 5) is 26.8. The summed E-state index contributed by atoms with van der Waals surface area (Å²) >= 11 is 1.72. The van der Waals surface area contributed by atoms with Gasteiger partial charge in [-0.15, -0.1) is 11.3 Å². The van der Waals surface area contributed by atoms with Crippen LogP contribution < -0.4 is 16.4 Å². The van der Waals surface area contributed by atoms with Crippen molar-refractivity contribution >= 4 is 45.0 Å². The molecule has 2 aliphatic carbocycles. The average Bonchev–Trinajstić information content (AvgIpc) is 3.54. The second-order valence-corrected chi connectivity index (χ2v) is 12.2. The fourth-order valence-corrected chi connectivity index (χ4v) is 7.32. The number of primary amides is 1. The number of nitrogens with one attached hydrogen (secondary N) is 2. The number of morpholine rings is 1. The van der Waals surface area contributed by atoms with E-state index in [9.17, 15) is 4.79 Å². The fraction of sp³-hybridized carbons (Fsp3) is 0.630. The summed E-state index contributed by atoms with van der Waals surface area (Å²) in [6, 6.07) is 3.22. The van der Waals surface area contributed by atoms with E-state index < -0.39 is 0 Å². The van der Waals surface area contributed by atoms with Crippen LogP contribution in [0.2, 0.25) is 0 Å². The zero-order valence-electron chi connectivity index (χ0n) is 22.3. The first-order valence-electron chi connectivity index (χ1n) is 14.0. The summed E-state index contributed by atoms with van der Waals surface area (Å²) in [7, 11) is 0. The number of fused-ring (bicyclic) bond motifs is 3. The number of thiophene rings is 1. The Balaban J connectivity index is 1.27. The van der Waals surface area contributed by atoms with E-state index in [1.807, 2.05) is 16.9 Å². The molecule has 4 N–H and O–H groups in total. The number of hydrogen-bond acceptors (Lipinski definition) is 9. The number of hydrogen-bond donors (Lipinski definition) is 3. The second kappa shape index (κ2) is 10.8. The zero-order chi connectivity index (χ0) is 26.2. The van der Waals surface area contributed by atoms with Crippen molar-refractivity contribution in [1.29, 1.82) is 0 Å². The molecule has 1 aliphatic heterocycles. The Morgan fingerprint density at radius 1 is 1.16 bits per heavy atom. The molecule has 10 nitrogen and oxygen atoms in total. The van der Waals surface area contributed by atoms with Crippen molar-refractivity contribution in [1.82, 2.24) is 24.6 Å². The maximum absolute atomic E-state index is 12.0. The molecule has 0 spiro atoms. The summed E-state index contributed by atoms with van der Waals surface area (Å²) in [5.41, 5.74) is 6.91. The summed E-state index contributed by atoms with van der Waals surface area (Å²) in [5.74, 6) is 1.78. The molecule has 1 unspecified atom stereocenters. The number of carbonyl (C=O) groups is 1. The van der Waals surface area contributed by atoms with Gasteiger partial charge in [0.05, 0.1) is 18.6 Å². The lowest BCUT2D eigenvalue weighted by Crippen LogP contribution is -2.46. The number of amides is 1. The van der Waals surface area contributed by atoms with Crippen molar-refractivity contribution in [2.24, 2.45) is 11.7 Å². The van der Waals surface area contributed by atoms with E-state index >= 15 is 0 Å². The van der Waals surface area contributed by atoms with E-state index in [2.05, 4.69) is 34.5 Å². The van der Waals surface area contributed by atoms with E-state index in [1.165, 1.54) is 23.3 Å². The molecule has 11 heteroatoms. The molecule has 1 saturated heterocycles. The first kappa shape index (κ1) is 25.5. The van der Waals surface area contributed by atoms with Gasteiger partial charge in [0.25, 0.3) is 0 Å². The van der Waals surface area contributed by atoms with Gasteiger partial charge in [0, 0.05) is 54.3 Å². The Morgan fingerprint density at radius 2 is 1.95 bits per heavy atom. The van der Waals surface area contributed by atoms with Crippen molar-refractivity contribution in [3.05, 3.63) is 22.7 Å². The van der Waals surface area contributed by atoms with Gasteiger partial charge in [0.1, 0.15) is 10.6 Å². The fourth-order valence-electron chi connectivity index (χ4n) is 6.11. The Hall–Kier alpha value is -2.76. The Bertz CT molecular complexity index is 1290. The monoisotopic (exact) mass is 538 g/mol. The molecule has 1 saturated carbocycles. The van der Waals surface area contributed by atoms with Crippen LogP contribution in [0.3, 0.4) is 0 Å². The van der Waals surface area contributed by atoms with Gasteiger partial charge in [-0.3, -0.25) is 14.4 Å². The van der Waals surface area contributed by atoms with Crippen LogP contribution in [-0.4, -0.2) is 68.9 Å². The van der Waals surface area contributed by atoms with Crippen LogP contribution in [0.15, 0.2) is 12.3 Å². The minimum Gasteiger partial charge on any atom is -0.379 e. The quantitative estimate of drug-likeness (QED) is 0.414. The molecule has 1 atom stereocenters. The van der Waals surface area contributed by atoms with Gasteiger partial charge in [-0.2, -0.15) is 10.1 Å². The number of aromatic nitrogens is 4. The van der Waals surface area contributed by atoms with Gasteiger partial charge < -0.3 is 21.1 Å². The van der Waals surface area contributed by atoms with Gasteiger partial charge in [0.2, 0.25) is 11.9 Å². The largest absolute Gasteiger partial charge is 0.379 e. The molecule has 3 aliphatic rings. The van der Waals surface area contributed by atoms with Crippen molar-refractivity contribution in [3.63, 3.8) is 0 Å². The third-order valence-electron chi connectivity index (χ3n) is 8.28. The van der Waals surface area contributed by atoms with Crippen LogP contribution in [0, 0.1) is 5.92 Å². The molecule has 0 bridgehead atoms. The normalized spacial score (nSPS) is 24.4. The van der Waals surface area contributed by atoms with E-state index in [4.69, 9.17) is 20.4 Å². The van der Waals surface area contributed by atoms with Crippen molar-refractivity contribution in [2.75, 3.05) is 36.9 Å². The average molecular weight is 539 g/mol. The first-order valence-corrected chi connectivity index (χ1v) is 14.8. The molecule has 204 valence electrons. The molecular weight excluding hydrogens is 500 g/mol. The molecule has 3 aromatic rings. The van der Waals surface area contributed by atoms with E-state index in [1.54, 1.807) is 11.3 Å². The van der Waals surface area contributed by atoms with Crippen molar-refractivity contribution in [2.45, 2.75) is 76.9 Å². The minimum absolute atomic E-state index is 0.130. The van der Waals surface area contributed by atoms with Crippen LogP contribution in [0.25, 0.3) is 10.2 Å². The summed E-state index contributed by atoms with van der Waals surface area (Å²) in [5, 5.41) is 12.8. The first-order chi connectivity index (χ1) is 18.4. The second-order valence-electron chi connectivity index (χ2n) is 11.1. The number of nitrogens with two attached hydrogens (primary N) is 1. The molecule has 38 heavy (non-hydrogen) atoms. The standard InChI is InChI=1S/C27H38N8O2S/c1-16(2)35-10-9-22(33-35)30-27-31-25(29-18-4-6-19(7-5-18)34-11-13-37-14-12-34)23-20-15-17(24(28)36)3-8-21(20)38-26(23)32-27/h9-10,16-19H,3-8,11-15H2,1-2H3,(H2,28,36)(H2,29,30,31,32,33). The van der Waals surface area contributed by atoms with Gasteiger partial charge >= 0.3 is 0 Å². The number of rotatable bonds is 7. The highest BCUT2D eigenvalue weighted by molar-refractivity contribution is 7.19. The molecular formula is C27H38N8O2S. The number of ether oxygens (including phenoxy) is 1. The van der Waals surface area contributed by atoms with Gasteiger partial charge in [-0.05, 0) is 64.4 Å². The van der Waals surface area contributed by atoms with Crippen molar-refractivity contribution in [3.8, 4) is 0 Å². The number of anilines is 3. The lowest BCUT2D eigenvalue weighted by molar-refractivity contribution is -0.122. The zero-order valence-corrected chi connectivity index (χ0v) is 23.1. The van der Waals surface area contributed by atoms with Crippen molar-refractivity contribution < 1.29 is 9.53 Å². The topological polar surface area (TPSA) is 123 Å². The lowest BCUT2D eigenvalue weighted by atomic mass is 9.86. The Kier molecular flexibility index (Phi) is 7.24. The van der Waals surface area contributed by atoms with E-state index in [0.29, 0.717) is 24.5 Å². The lowest BCUT2D eigenvalue weighted by Gasteiger charge is -2.39.